The molecule has 0 unspecified atom stereocenters. The topological polar surface area (TPSA) is 78.5 Å². The zero-order chi connectivity index (χ0) is 18.0. The number of imide groups is 1. The van der Waals surface area contributed by atoms with Gasteiger partial charge in [0, 0.05) is 9.92 Å². The second-order valence-corrected chi connectivity index (χ2v) is 8.25. The van der Waals surface area contributed by atoms with Crippen LogP contribution < -0.4 is 10.7 Å². The predicted octanol–water partition coefficient (Wildman–Crippen LogP) is 3.11. The van der Waals surface area contributed by atoms with Gasteiger partial charge in [0.05, 0.1) is 5.25 Å². The lowest BCUT2D eigenvalue weighted by Gasteiger charge is -2.30. The first-order valence-corrected chi connectivity index (χ1v) is 9.56. The zero-order valence-electron chi connectivity index (χ0n) is 13.9. The third-order valence-corrected chi connectivity index (χ3v) is 5.95. The molecule has 1 aliphatic heterocycles. The van der Waals surface area contributed by atoms with Gasteiger partial charge >= 0.3 is 6.03 Å². The molecule has 0 aromatic heterocycles. The molecule has 25 heavy (non-hydrogen) atoms. The first-order chi connectivity index (χ1) is 11.9. The normalized spacial score (nSPS) is 20.5. The van der Waals surface area contributed by atoms with Crippen molar-refractivity contribution in [1.29, 1.82) is 0 Å². The summed E-state index contributed by atoms with van der Waals surface area (Å²) in [4.78, 5) is 38.1. The largest absolute Gasteiger partial charge is 0.344 e. The number of nitrogens with one attached hydrogen (secondary N) is 2. The summed E-state index contributed by atoms with van der Waals surface area (Å²) in [6.45, 7) is 1.73. The van der Waals surface area contributed by atoms with Crippen molar-refractivity contribution in [3.63, 3.8) is 0 Å². The highest BCUT2D eigenvalue weighted by molar-refractivity contribution is 8.00. The van der Waals surface area contributed by atoms with Crippen molar-refractivity contribution >= 4 is 41.2 Å². The number of urea groups is 1. The van der Waals surface area contributed by atoms with Gasteiger partial charge in [-0.25, -0.2) is 4.79 Å². The van der Waals surface area contributed by atoms with Crippen molar-refractivity contribution in [3.8, 4) is 0 Å². The fourth-order valence-corrected chi connectivity index (χ4v) is 4.18. The van der Waals surface area contributed by atoms with E-state index in [2.05, 4.69) is 10.7 Å². The van der Waals surface area contributed by atoms with E-state index in [1.54, 1.807) is 19.1 Å². The zero-order valence-corrected chi connectivity index (χ0v) is 15.5. The van der Waals surface area contributed by atoms with Gasteiger partial charge in [-0.1, -0.05) is 30.9 Å². The standard InChI is InChI=1S/C17H20ClN3O3S/c1-11(25-13-7-5-12(18)6-8-13)14(22)20-21-15(23)17(19-16(21)24)9-3-2-4-10-17/h5-8,11H,2-4,9-10H2,1H3,(H,19,24)(H,20,22)/t11-/m0/s1. The van der Waals surface area contributed by atoms with Crippen LogP contribution in [0.15, 0.2) is 29.2 Å². The van der Waals surface area contributed by atoms with E-state index in [0.717, 1.165) is 29.2 Å². The Morgan fingerprint density at radius 3 is 2.52 bits per heavy atom. The molecule has 2 fully saturated rings. The Labute approximate surface area is 155 Å². The fraction of sp³-hybridized carbons (Fsp3) is 0.471. The lowest BCUT2D eigenvalue weighted by Crippen LogP contribution is -2.52. The van der Waals surface area contributed by atoms with Crippen LogP contribution in [0.3, 0.4) is 0 Å². The number of carbonyl (C=O) groups is 3. The van der Waals surface area contributed by atoms with Crippen LogP contribution in [0, 0.1) is 0 Å². The molecule has 1 heterocycles. The van der Waals surface area contributed by atoms with Gasteiger partial charge in [-0.15, -0.1) is 11.8 Å². The number of halogens is 1. The average molecular weight is 382 g/mol. The molecule has 8 heteroatoms. The quantitative estimate of drug-likeness (QED) is 0.620. The highest BCUT2D eigenvalue weighted by Gasteiger charge is 2.52. The number of amides is 4. The van der Waals surface area contributed by atoms with Gasteiger partial charge in [0.1, 0.15) is 5.54 Å². The molecule has 6 nitrogen and oxygen atoms in total. The van der Waals surface area contributed by atoms with Crippen LogP contribution in [0.5, 0.6) is 0 Å². The van der Waals surface area contributed by atoms with Gasteiger partial charge in [-0.2, -0.15) is 5.01 Å². The molecule has 4 amide bonds. The van der Waals surface area contributed by atoms with Crippen LogP contribution in [-0.4, -0.2) is 33.6 Å². The molecule has 2 N–H and O–H groups in total. The Morgan fingerprint density at radius 2 is 1.88 bits per heavy atom. The van der Waals surface area contributed by atoms with E-state index in [-0.39, 0.29) is 5.91 Å². The SMILES string of the molecule is C[C@H](Sc1ccc(Cl)cc1)C(=O)NN1C(=O)NC2(CCCCC2)C1=O. The molecule has 0 bridgehead atoms. The molecule has 3 rings (SSSR count). The average Bonchev–Trinajstić information content (AvgIpc) is 2.81. The van der Waals surface area contributed by atoms with Crippen molar-refractivity contribution in [2.75, 3.05) is 0 Å². The Hall–Kier alpha value is -1.73. The van der Waals surface area contributed by atoms with Gasteiger partial charge in [0.25, 0.3) is 11.8 Å². The van der Waals surface area contributed by atoms with E-state index < -0.39 is 22.7 Å². The number of nitrogens with zero attached hydrogens (tertiary/aromatic N) is 1. The molecule has 2 aliphatic rings. The van der Waals surface area contributed by atoms with Crippen molar-refractivity contribution in [1.82, 2.24) is 15.8 Å². The molecule has 134 valence electrons. The smallest absolute Gasteiger partial charge is 0.322 e. The maximum absolute atomic E-state index is 12.7. The summed E-state index contributed by atoms with van der Waals surface area (Å²) in [7, 11) is 0. The molecule has 0 radical (unpaired) electrons. The maximum atomic E-state index is 12.7. The molecular weight excluding hydrogens is 362 g/mol. The maximum Gasteiger partial charge on any atom is 0.344 e. The van der Waals surface area contributed by atoms with E-state index >= 15 is 0 Å². The van der Waals surface area contributed by atoms with Crippen LogP contribution in [-0.2, 0) is 9.59 Å². The van der Waals surface area contributed by atoms with Gasteiger partial charge in [0.15, 0.2) is 0 Å². The number of benzene rings is 1. The van der Waals surface area contributed by atoms with Crippen molar-refractivity contribution in [2.24, 2.45) is 0 Å². The van der Waals surface area contributed by atoms with Crippen molar-refractivity contribution < 1.29 is 14.4 Å². The fourth-order valence-electron chi connectivity index (χ4n) is 3.19. The highest BCUT2D eigenvalue weighted by Crippen LogP contribution is 2.33. The minimum absolute atomic E-state index is 0.353. The third-order valence-electron chi connectivity index (χ3n) is 4.59. The third kappa shape index (κ3) is 3.77. The summed E-state index contributed by atoms with van der Waals surface area (Å²) in [5.74, 6) is -0.745. The van der Waals surface area contributed by atoms with Crippen molar-refractivity contribution in [2.45, 2.75) is 54.7 Å². The summed E-state index contributed by atoms with van der Waals surface area (Å²) in [6.07, 6.45) is 4.11. The lowest BCUT2D eigenvalue weighted by molar-refractivity contribution is -0.139. The molecule has 1 saturated carbocycles. The van der Waals surface area contributed by atoms with Gasteiger partial charge in [0.2, 0.25) is 0 Å². The molecule has 1 atom stereocenters. The number of rotatable bonds is 4. The van der Waals surface area contributed by atoms with Gasteiger partial charge in [-0.3, -0.25) is 15.0 Å². The summed E-state index contributed by atoms with van der Waals surface area (Å²) >= 11 is 7.18. The summed E-state index contributed by atoms with van der Waals surface area (Å²) in [5, 5.41) is 3.77. The number of hydrogen-bond donors (Lipinski definition) is 2. The molecule has 1 saturated heterocycles. The second-order valence-electron chi connectivity index (χ2n) is 6.40. The number of hydrogen-bond acceptors (Lipinski definition) is 4. The van der Waals surface area contributed by atoms with E-state index in [0.29, 0.717) is 17.9 Å². The minimum atomic E-state index is -0.838. The van der Waals surface area contributed by atoms with Crippen LogP contribution >= 0.6 is 23.4 Å². The Kier molecular flexibility index (Phi) is 5.24. The Bertz CT molecular complexity index is 689. The van der Waals surface area contributed by atoms with Crippen LogP contribution in [0.2, 0.25) is 5.02 Å². The second kappa shape index (κ2) is 7.25. The molecule has 1 aromatic carbocycles. The predicted molar refractivity (Wildman–Crippen MR) is 96.1 cm³/mol. The van der Waals surface area contributed by atoms with Crippen molar-refractivity contribution in [3.05, 3.63) is 29.3 Å². The lowest BCUT2D eigenvalue weighted by atomic mass is 9.82. The first kappa shape index (κ1) is 18.1. The summed E-state index contributed by atoms with van der Waals surface area (Å²) in [5.41, 5.74) is 1.63. The Morgan fingerprint density at radius 1 is 1.24 bits per heavy atom. The number of thioether (sulfide) groups is 1. The highest BCUT2D eigenvalue weighted by atomic mass is 35.5. The molecule has 1 aromatic rings. The molecule has 1 aliphatic carbocycles. The summed E-state index contributed by atoms with van der Waals surface area (Å²) in [6, 6.07) is 6.59. The van der Waals surface area contributed by atoms with Gasteiger partial charge < -0.3 is 5.32 Å². The van der Waals surface area contributed by atoms with E-state index in [1.165, 1.54) is 11.8 Å². The van der Waals surface area contributed by atoms with Gasteiger partial charge in [-0.05, 0) is 44.0 Å². The minimum Gasteiger partial charge on any atom is -0.322 e. The monoisotopic (exact) mass is 381 g/mol. The molecular formula is C17H20ClN3O3S. The Balaban J connectivity index is 1.62. The first-order valence-electron chi connectivity index (χ1n) is 8.31. The van der Waals surface area contributed by atoms with Crippen LogP contribution in [0.4, 0.5) is 4.79 Å². The van der Waals surface area contributed by atoms with Crippen LogP contribution in [0.25, 0.3) is 0 Å². The van der Waals surface area contributed by atoms with E-state index in [9.17, 15) is 14.4 Å². The summed E-state index contributed by atoms with van der Waals surface area (Å²) < 4.78 is 0. The van der Waals surface area contributed by atoms with Crippen LogP contribution in [0.1, 0.15) is 39.0 Å². The van der Waals surface area contributed by atoms with E-state index in [4.69, 9.17) is 11.6 Å². The molecule has 1 spiro atoms. The number of hydrazine groups is 1. The number of carbonyl (C=O) groups excluding carboxylic acids is 3. The van der Waals surface area contributed by atoms with E-state index in [1.807, 2.05) is 12.1 Å².